The fourth-order valence-electron chi connectivity index (χ4n) is 1.95. The Hall–Kier alpha value is -0.1000. The molecule has 1 nitrogen and oxygen atoms in total. The number of thiophene rings is 2. The summed E-state index contributed by atoms with van der Waals surface area (Å²) >= 11 is 8.65. The van der Waals surface area contributed by atoms with Crippen molar-refractivity contribution in [3.63, 3.8) is 0 Å². The highest BCUT2D eigenvalue weighted by atomic mass is 79.9. The van der Waals surface area contributed by atoms with E-state index < -0.39 is 0 Å². The third-order valence-electron chi connectivity index (χ3n) is 2.93. The number of carbonyl (C=O) groups excluding carboxylic acids is 1. The van der Waals surface area contributed by atoms with Gasteiger partial charge in [0.25, 0.3) is 0 Å². The summed E-state index contributed by atoms with van der Waals surface area (Å²) in [5.41, 5.74) is 2.51. The number of fused-ring (bicyclic) bond motifs is 1. The topological polar surface area (TPSA) is 17.1 Å². The van der Waals surface area contributed by atoms with Crippen molar-refractivity contribution in [3.05, 3.63) is 41.7 Å². The van der Waals surface area contributed by atoms with Crippen LogP contribution in [0.3, 0.4) is 0 Å². The smallest absolute Gasteiger partial charge is 0.212 e. The van der Waals surface area contributed by atoms with E-state index in [4.69, 9.17) is 0 Å². The Morgan fingerprint density at radius 3 is 2.72 bits per heavy atom. The molecule has 5 heteroatoms. The SMILES string of the molecule is Cc1cc(C(=O)c2cc3c(s2)CCSC3)sc1Br. The second-order valence-corrected chi connectivity index (χ2v) is 8.87. The molecule has 0 unspecified atom stereocenters. The van der Waals surface area contributed by atoms with E-state index in [9.17, 15) is 4.79 Å². The quantitative estimate of drug-likeness (QED) is 0.710. The second kappa shape index (κ2) is 5.12. The standard InChI is InChI=1S/C13H11BrOS3/c1-7-4-10(18-13(7)14)12(15)11-5-8-6-16-3-2-9(8)17-11/h4-5H,2-3,6H2,1H3. The van der Waals surface area contributed by atoms with Crippen LogP contribution in [0.15, 0.2) is 15.9 Å². The van der Waals surface area contributed by atoms with Gasteiger partial charge in [-0.15, -0.1) is 22.7 Å². The molecule has 0 atom stereocenters. The highest BCUT2D eigenvalue weighted by Gasteiger charge is 2.20. The van der Waals surface area contributed by atoms with Crippen LogP contribution in [0.4, 0.5) is 0 Å². The average Bonchev–Trinajstić information content (AvgIpc) is 2.93. The van der Waals surface area contributed by atoms with Gasteiger partial charge >= 0.3 is 0 Å². The molecule has 94 valence electrons. The maximum atomic E-state index is 12.4. The molecule has 3 rings (SSSR count). The minimum Gasteiger partial charge on any atom is -0.287 e. The largest absolute Gasteiger partial charge is 0.287 e. The van der Waals surface area contributed by atoms with Gasteiger partial charge in [0.2, 0.25) is 5.78 Å². The van der Waals surface area contributed by atoms with Gasteiger partial charge in [-0.2, -0.15) is 11.8 Å². The third-order valence-corrected chi connectivity index (χ3v) is 7.31. The fraction of sp³-hybridized carbons (Fsp3) is 0.308. The third kappa shape index (κ3) is 2.33. The van der Waals surface area contributed by atoms with Crippen molar-refractivity contribution < 1.29 is 4.79 Å². The Morgan fingerprint density at radius 1 is 1.28 bits per heavy atom. The van der Waals surface area contributed by atoms with Crippen LogP contribution in [0.5, 0.6) is 0 Å². The zero-order valence-corrected chi connectivity index (χ0v) is 13.8. The van der Waals surface area contributed by atoms with E-state index in [1.807, 2.05) is 24.8 Å². The predicted octanol–water partition coefficient (Wildman–Crippen LogP) is 4.90. The Balaban J connectivity index is 1.94. The number of carbonyl (C=O) groups is 1. The van der Waals surface area contributed by atoms with Gasteiger partial charge in [-0.1, -0.05) is 0 Å². The summed E-state index contributed by atoms with van der Waals surface area (Å²) in [6.07, 6.45) is 1.12. The van der Waals surface area contributed by atoms with Crippen LogP contribution < -0.4 is 0 Å². The molecule has 0 amide bonds. The first-order valence-corrected chi connectivity index (χ1v) is 9.23. The Kier molecular flexibility index (Phi) is 3.67. The highest BCUT2D eigenvalue weighted by Crippen LogP contribution is 2.35. The van der Waals surface area contributed by atoms with Crippen LogP contribution in [-0.2, 0) is 12.2 Å². The van der Waals surface area contributed by atoms with Crippen molar-refractivity contribution in [1.29, 1.82) is 0 Å². The average molecular weight is 359 g/mol. The molecule has 18 heavy (non-hydrogen) atoms. The first-order chi connectivity index (χ1) is 8.65. The van der Waals surface area contributed by atoms with Gasteiger partial charge in [-0.3, -0.25) is 4.79 Å². The van der Waals surface area contributed by atoms with E-state index in [1.54, 1.807) is 11.3 Å². The molecule has 2 aromatic heterocycles. The lowest BCUT2D eigenvalue weighted by Crippen LogP contribution is -1.96. The molecule has 0 aliphatic carbocycles. The minimum atomic E-state index is 0.179. The van der Waals surface area contributed by atoms with Gasteiger partial charge in [0, 0.05) is 10.6 Å². The number of hydrogen-bond donors (Lipinski definition) is 0. The minimum absolute atomic E-state index is 0.179. The number of halogens is 1. The Morgan fingerprint density at radius 2 is 2.06 bits per heavy atom. The molecule has 1 aliphatic heterocycles. The molecule has 0 aromatic carbocycles. The van der Waals surface area contributed by atoms with E-state index in [-0.39, 0.29) is 5.78 Å². The first kappa shape index (κ1) is 12.9. The highest BCUT2D eigenvalue weighted by molar-refractivity contribution is 9.11. The van der Waals surface area contributed by atoms with Gasteiger partial charge in [0.05, 0.1) is 13.5 Å². The zero-order chi connectivity index (χ0) is 12.7. The van der Waals surface area contributed by atoms with E-state index in [1.165, 1.54) is 27.5 Å². The molecule has 0 spiro atoms. The molecule has 0 fully saturated rings. The number of hydrogen-bond acceptors (Lipinski definition) is 4. The van der Waals surface area contributed by atoms with Gasteiger partial charge in [-0.05, 0) is 58.3 Å². The Bertz CT molecular complexity index is 569. The summed E-state index contributed by atoms with van der Waals surface area (Å²) in [7, 11) is 0. The first-order valence-electron chi connectivity index (χ1n) is 5.65. The predicted molar refractivity (Wildman–Crippen MR) is 84.4 cm³/mol. The van der Waals surface area contributed by atoms with Crippen LogP contribution >= 0.6 is 50.4 Å². The van der Waals surface area contributed by atoms with Crippen molar-refractivity contribution in [2.24, 2.45) is 0 Å². The monoisotopic (exact) mass is 358 g/mol. The molecule has 0 saturated heterocycles. The maximum absolute atomic E-state index is 12.4. The van der Waals surface area contributed by atoms with Gasteiger partial charge < -0.3 is 0 Å². The van der Waals surface area contributed by atoms with Crippen molar-refractivity contribution in [1.82, 2.24) is 0 Å². The normalized spacial score (nSPS) is 14.6. The van der Waals surface area contributed by atoms with Gasteiger partial charge in [0.1, 0.15) is 0 Å². The summed E-state index contributed by atoms with van der Waals surface area (Å²) in [4.78, 5) is 15.6. The van der Waals surface area contributed by atoms with Crippen molar-refractivity contribution in [2.45, 2.75) is 19.1 Å². The summed E-state index contributed by atoms with van der Waals surface area (Å²) in [6.45, 7) is 2.02. The molecular formula is C13H11BrOS3. The van der Waals surface area contributed by atoms with E-state index in [2.05, 4.69) is 22.0 Å². The number of rotatable bonds is 2. The molecule has 0 saturated carbocycles. The van der Waals surface area contributed by atoms with E-state index in [0.29, 0.717) is 0 Å². The second-order valence-electron chi connectivity index (χ2n) is 4.26. The van der Waals surface area contributed by atoms with Crippen LogP contribution in [0, 0.1) is 6.92 Å². The number of aryl methyl sites for hydroxylation is 2. The zero-order valence-electron chi connectivity index (χ0n) is 9.79. The molecule has 0 radical (unpaired) electrons. The van der Waals surface area contributed by atoms with Crippen LogP contribution in [0.25, 0.3) is 0 Å². The summed E-state index contributed by atoms with van der Waals surface area (Å²) in [5, 5.41) is 0. The lowest BCUT2D eigenvalue weighted by molar-refractivity contribution is 0.104. The van der Waals surface area contributed by atoms with Crippen molar-refractivity contribution in [2.75, 3.05) is 5.75 Å². The molecule has 0 N–H and O–H groups in total. The fourth-order valence-corrected chi connectivity index (χ4v) is 5.83. The van der Waals surface area contributed by atoms with Crippen molar-refractivity contribution >= 4 is 56.1 Å². The van der Waals surface area contributed by atoms with Crippen LogP contribution in [-0.4, -0.2) is 11.5 Å². The summed E-state index contributed by atoms with van der Waals surface area (Å²) in [6, 6.07) is 4.07. The van der Waals surface area contributed by atoms with E-state index in [0.717, 1.165) is 31.3 Å². The molecule has 2 aromatic rings. The molecular weight excluding hydrogens is 348 g/mol. The van der Waals surface area contributed by atoms with Crippen LogP contribution in [0.1, 0.15) is 30.6 Å². The van der Waals surface area contributed by atoms with Gasteiger partial charge in [-0.25, -0.2) is 0 Å². The Labute approximate surface area is 127 Å². The van der Waals surface area contributed by atoms with Crippen molar-refractivity contribution in [3.8, 4) is 0 Å². The molecule has 1 aliphatic rings. The molecule has 0 bridgehead atoms. The van der Waals surface area contributed by atoms with Gasteiger partial charge in [0.15, 0.2) is 0 Å². The van der Waals surface area contributed by atoms with Crippen LogP contribution in [0.2, 0.25) is 0 Å². The molecule has 3 heterocycles. The number of thioether (sulfide) groups is 1. The summed E-state index contributed by atoms with van der Waals surface area (Å²) < 4.78 is 1.06. The number of ketones is 1. The lowest BCUT2D eigenvalue weighted by atomic mass is 10.2. The van der Waals surface area contributed by atoms with E-state index >= 15 is 0 Å². The summed E-state index contributed by atoms with van der Waals surface area (Å²) in [5.74, 6) is 2.43. The maximum Gasteiger partial charge on any atom is 0.212 e. The lowest BCUT2D eigenvalue weighted by Gasteiger charge is -2.08.